The highest BCUT2D eigenvalue weighted by Crippen LogP contribution is 2.24. The Bertz CT molecular complexity index is 1120. The fourth-order valence-electron chi connectivity index (χ4n) is 4.12. The minimum absolute atomic E-state index is 0.110. The van der Waals surface area contributed by atoms with Crippen LogP contribution in [0.3, 0.4) is 0 Å². The molecule has 0 atom stereocenters. The van der Waals surface area contributed by atoms with Crippen molar-refractivity contribution in [2.75, 3.05) is 18.4 Å². The van der Waals surface area contributed by atoms with Crippen LogP contribution < -0.4 is 5.32 Å². The van der Waals surface area contributed by atoms with Crippen LogP contribution in [0.4, 0.5) is 11.4 Å². The number of hydrogen-bond donors (Lipinski definition) is 1. The van der Waals surface area contributed by atoms with Crippen molar-refractivity contribution in [3.05, 3.63) is 64.0 Å². The van der Waals surface area contributed by atoms with Crippen molar-refractivity contribution < 1.29 is 9.72 Å². The quantitative estimate of drug-likeness (QED) is 0.469. The van der Waals surface area contributed by atoms with Gasteiger partial charge in [0.2, 0.25) is 0 Å². The minimum Gasteiger partial charge on any atom is -0.327 e. The molecular weight excluding hydrogens is 394 g/mol. The molecule has 0 radical (unpaired) electrons. The highest BCUT2D eigenvalue weighted by molar-refractivity contribution is 6.05. The zero-order valence-electron chi connectivity index (χ0n) is 17.9. The Balaban J connectivity index is 1.54. The number of nitro benzene ring substituents is 1. The topological polar surface area (TPSA) is 93.3 Å². The number of imidazole rings is 1. The number of nitrogens with one attached hydrogen (secondary N) is 1. The third-order valence-electron chi connectivity index (χ3n) is 5.96. The van der Waals surface area contributed by atoms with Crippen molar-refractivity contribution >= 4 is 28.3 Å². The lowest BCUT2D eigenvalue weighted by atomic mass is 9.99. The van der Waals surface area contributed by atoms with Gasteiger partial charge in [0, 0.05) is 29.9 Å². The normalized spacial score (nSPS) is 15.3. The molecule has 162 valence electrons. The zero-order valence-corrected chi connectivity index (χ0v) is 17.9. The summed E-state index contributed by atoms with van der Waals surface area (Å²) in [5.74, 6) is 1.44. The van der Waals surface area contributed by atoms with E-state index in [0.717, 1.165) is 49.0 Å². The maximum absolute atomic E-state index is 12.6. The van der Waals surface area contributed by atoms with E-state index in [1.54, 1.807) is 6.07 Å². The van der Waals surface area contributed by atoms with Gasteiger partial charge >= 0.3 is 0 Å². The molecule has 3 aromatic rings. The maximum atomic E-state index is 12.6. The summed E-state index contributed by atoms with van der Waals surface area (Å²) in [5.41, 5.74) is 2.62. The van der Waals surface area contributed by atoms with E-state index in [4.69, 9.17) is 4.98 Å². The molecule has 2 aromatic carbocycles. The van der Waals surface area contributed by atoms with Crippen LogP contribution in [-0.2, 0) is 13.1 Å². The molecule has 1 amide bonds. The van der Waals surface area contributed by atoms with E-state index < -0.39 is 4.92 Å². The number of amides is 1. The van der Waals surface area contributed by atoms with Crippen molar-refractivity contribution in [1.29, 1.82) is 0 Å². The molecule has 0 spiro atoms. The number of benzene rings is 2. The van der Waals surface area contributed by atoms with Crippen LogP contribution in [-0.4, -0.2) is 38.4 Å². The third-order valence-corrected chi connectivity index (χ3v) is 5.96. The van der Waals surface area contributed by atoms with E-state index in [2.05, 4.69) is 28.6 Å². The molecule has 1 fully saturated rings. The molecule has 8 heteroatoms. The predicted octanol–water partition coefficient (Wildman–Crippen LogP) is 4.45. The molecule has 8 nitrogen and oxygen atoms in total. The van der Waals surface area contributed by atoms with Gasteiger partial charge in [-0.15, -0.1) is 0 Å². The Morgan fingerprint density at radius 1 is 1.23 bits per heavy atom. The van der Waals surface area contributed by atoms with E-state index in [0.29, 0.717) is 5.69 Å². The molecule has 0 unspecified atom stereocenters. The smallest absolute Gasteiger partial charge is 0.270 e. The highest BCUT2D eigenvalue weighted by Gasteiger charge is 2.19. The number of nitro groups is 1. The number of carbonyl (C=O) groups excluding carboxylic acids is 1. The van der Waals surface area contributed by atoms with Gasteiger partial charge in [0.25, 0.3) is 11.6 Å². The number of likely N-dealkylation sites (tertiary alicyclic amines) is 1. The Morgan fingerprint density at radius 2 is 2.00 bits per heavy atom. The average molecular weight is 422 g/mol. The van der Waals surface area contributed by atoms with Crippen LogP contribution in [0.15, 0.2) is 42.5 Å². The zero-order chi connectivity index (χ0) is 22.0. The van der Waals surface area contributed by atoms with Crippen molar-refractivity contribution in [1.82, 2.24) is 14.5 Å². The number of aryl methyl sites for hydroxylation is 1. The molecule has 1 aliphatic heterocycles. The van der Waals surface area contributed by atoms with Crippen LogP contribution >= 0.6 is 0 Å². The first-order chi connectivity index (χ1) is 14.9. The van der Waals surface area contributed by atoms with Gasteiger partial charge in [0.05, 0.1) is 22.5 Å². The Labute approximate surface area is 181 Å². The molecule has 2 heterocycles. The molecular formula is C23H27N5O3. The van der Waals surface area contributed by atoms with Gasteiger partial charge in [-0.3, -0.25) is 19.8 Å². The SMILES string of the molecule is CCn1c(CN2CCC(C)CC2)nc2cc(NC(=O)c3cccc([N+](=O)[O-])c3)ccc21. The number of anilines is 1. The lowest BCUT2D eigenvalue weighted by Gasteiger charge is -2.29. The van der Waals surface area contributed by atoms with E-state index in [1.165, 1.54) is 31.0 Å². The number of carbonyl (C=O) groups is 1. The molecule has 1 aromatic heterocycles. The first kappa shape index (κ1) is 21.0. The first-order valence-corrected chi connectivity index (χ1v) is 10.7. The maximum Gasteiger partial charge on any atom is 0.270 e. The Morgan fingerprint density at radius 3 is 2.71 bits per heavy atom. The summed E-state index contributed by atoms with van der Waals surface area (Å²) >= 11 is 0. The third kappa shape index (κ3) is 4.59. The molecule has 1 N–H and O–H groups in total. The van der Waals surface area contributed by atoms with Gasteiger partial charge < -0.3 is 9.88 Å². The van der Waals surface area contributed by atoms with Crippen LogP contribution in [0.2, 0.25) is 0 Å². The molecule has 0 aliphatic carbocycles. The lowest BCUT2D eigenvalue weighted by molar-refractivity contribution is -0.384. The highest BCUT2D eigenvalue weighted by atomic mass is 16.6. The summed E-state index contributed by atoms with van der Waals surface area (Å²) in [4.78, 5) is 30.3. The predicted molar refractivity (Wildman–Crippen MR) is 120 cm³/mol. The van der Waals surface area contributed by atoms with Crippen LogP contribution in [0.1, 0.15) is 42.9 Å². The molecule has 0 bridgehead atoms. The lowest BCUT2D eigenvalue weighted by Crippen LogP contribution is -2.33. The van der Waals surface area contributed by atoms with Crippen LogP contribution in [0.5, 0.6) is 0 Å². The van der Waals surface area contributed by atoms with Crippen LogP contribution in [0, 0.1) is 16.0 Å². The van der Waals surface area contributed by atoms with Gasteiger partial charge in [-0.1, -0.05) is 13.0 Å². The summed E-state index contributed by atoms with van der Waals surface area (Å²) in [6.07, 6.45) is 2.44. The Hall–Kier alpha value is -3.26. The monoisotopic (exact) mass is 421 g/mol. The number of hydrogen-bond acceptors (Lipinski definition) is 5. The first-order valence-electron chi connectivity index (χ1n) is 10.7. The summed E-state index contributed by atoms with van der Waals surface area (Å²) in [5, 5.41) is 13.8. The van der Waals surface area contributed by atoms with Crippen molar-refractivity contribution in [2.24, 2.45) is 5.92 Å². The second-order valence-corrected chi connectivity index (χ2v) is 8.20. The fourth-order valence-corrected chi connectivity index (χ4v) is 4.12. The summed E-state index contributed by atoms with van der Waals surface area (Å²) in [6, 6.07) is 11.4. The van der Waals surface area contributed by atoms with Gasteiger partial charge in [0.1, 0.15) is 5.82 Å². The molecule has 1 saturated heterocycles. The molecule has 1 aliphatic rings. The number of rotatable bonds is 6. The fraction of sp³-hybridized carbons (Fsp3) is 0.391. The van der Waals surface area contributed by atoms with E-state index in [9.17, 15) is 14.9 Å². The number of piperidine rings is 1. The summed E-state index contributed by atoms with van der Waals surface area (Å²) < 4.78 is 2.22. The second kappa shape index (κ2) is 8.85. The largest absolute Gasteiger partial charge is 0.327 e. The minimum atomic E-state index is -0.509. The standard InChI is InChI=1S/C23H27N5O3/c1-3-27-21-8-7-18(24-23(29)17-5-4-6-19(13-17)28(30)31)14-20(21)25-22(27)15-26-11-9-16(2)10-12-26/h4-8,13-14,16H,3,9-12,15H2,1-2H3,(H,24,29). The molecule has 31 heavy (non-hydrogen) atoms. The molecule has 0 saturated carbocycles. The van der Waals surface area contributed by atoms with Crippen molar-refractivity contribution in [2.45, 2.75) is 39.8 Å². The second-order valence-electron chi connectivity index (χ2n) is 8.20. The molecule has 4 rings (SSSR count). The summed E-state index contributed by atoms with van der Waals surface area (Å²) in [6.45, 7) is 8.26. The van der Waals surface area contributed by atoms with Gasteiger partial charge in [-0.05, 0) is 63.0 Å². The van der Waals surface area contributed by atoms with E-state index in [1.807, 2.05) is 18.2 Å². The van der Waals surface area contributed by atoms with Crippen molar-refractivity contribution in [3.8, 4) is 0 Å². The Kier molecular flexibility index (Phi) is 5.99. The van der Waals surface area contributed by atoms with Gasteiger partial charge in [-0.25, -0.2) is 4.98 Å². The number of non-ortho nitro benzene ring substituents is 1. The van der Waals surface area contributed by atoms with E-state index in [-0.39, 0.29) is 17.2 Å². The number of fused-ring (bicyclic) bond motifs is 1. The number of aromatic nitrogens is 2. The van der Waals surface area contributed by atoms with Crippen molar-refractivity contribution in [3.63, 3.8) is 0 Å². The average Bonchev–Trinajstić information content (AvgIpc) is 3.11. The van der Waals surface area contributed by atoms with Gasteiger partial charge in [-0.2, -0.15) is 0 Å². The van der Waals surface area contributed by atoms with Gasteiger partial charge in [0.15, 0.2) is 0 Å². The number of nitrogens with zero attached hydrogens (tertiary/aromatic N) is 4. The summed E-state index contributed by atoms with van der Waals surface area (Å²) in [7, 11) is 0. The van der Waals surface area contributed by atoms with E-state index >= 15 is 0 Å². The van der Waals surface area contributed by atoms with Crippen LogP contribution in [0.25, 0.3) is 11.0 Å².